The molecule has 0 unspecified atom stereocenters. The number of fused-ring (bicyclic) bond motifs is 13. The lowest BCUT2D eigenvalue weighted by Gasteiger charge is -2.31. The van der Waals surface area contributed by atoms with Crippen LogP contribution < -0.4 is 0 Å². The van der Waals surface area contributed by atoms with Crippen molar-refractivity contribution in [2.24, 2.45) is 0 Å². The van der Waals surface area contributed by atoms with E-state index in [1.165, 1.54) is 44.5 Å². The molecule has 50 heavy (non-hydrogen) atoms. The lowest BCUT2D eigenvalue weighted by atomic mass is 9.69. The Morgan fingerprint density at radius 3 is 1.56 bits per heavy atom. The number of benzene rings is 7. The first-order valence-corrected chi connectivity index (χ1v) is 17.0. The topological polar surface area (TPSA) is 51.8 Å². The average molecular weight is 638 g/mol. The van der Waals surface area contributed by atoms with E-state index >= 15 is 0 Å². The van der Waals surface area contributed by atoms with Crippen molar-refractivity contribution in [3.8, 4) is 56.4 Å². The maximum atomic E-state index is 6.30. The van der Waals surface area contributed by atoms with Crippen LogP contribution in [0.4, 0.5) is 0 Å². The fourth-order valence-electron chi connectivity index (χ4n) is 8.64. The fourth-order valence-corrected chi connectivity index (χ4v) is 8.64. The van der Waals surface area contributed by atoms with Crippen molar-refractivity contribution in [2.45, 2.75) is 5.41 Å². The predicted octanol–water partition coefficient (Wildman–Crippen LogP) is 11.1. The lowest BCUT2D eigenvalue weighted by molar-refractivity contribution is 0.669. The second-order valence-corrected chi connectivity index (χ2v) is 13.1. The summed E-state index contributed by atoms with van der Waals surface area (Å²) in [4.78, 5) is 15.8. The van der Waals surface area contributed by atoms with E-state index in [2.05, 4.69) is 115 Å². The van der Waals surface area contributed by atoms with Crippen molar-refractivity contribution in [1.29, 1.82) is 0 Å². The second-order valence-electron chi connectivity index (χ2n) is 13.1. The maximum absolute atomic E-state index is 6.30. The van der Waals surface area contributed by atoms with Crippen LogP contribution in [0.2, 0.25) is 0 Å². The monoisotopic (exact) mass is 637 g/mol. The average Bonchev–Trinajstić information content (AvgIpc) is 3.82. The zero-order valence-corrected chi connectivity index (χ0v) is 26.8. The smallest absolute Gasteiger partial charge is 0.164 e. The van der Waals surface area contributed by atoms with Crippen LogP contribution in [0, 0.1) is 0 Å². The molecule has 0 bridgehead atoms. The van der Waals surface area contributed by atoms with E-state index in [4.69, 9.17) is 19.4 Å². The van der Waals surface area contributed by atoms with Crippen LogP contribution in [0.15, 0.2) is 168 Å². The first-order chi connectivity index (χ1) is 24.8. The molecule has 4 nitrogen and oxygen atoms in total. The van der Waals surface area contributed by atoms with Crippen molar-refractivity contribution in [1.82, 2.24) is 15.0 Å². The Morgan fingerprint density at radius 2 is 0.840 bits per heavy atom. The Hall–Kier alpha value is -6.65. The summed E-state index contributed by atoms with van der Waals surface area (Å²) in [6.45, 7) is 0. The largest absolute Gasteiger partial charge is 0.456 e. The molecule has 2 heterocycles. The van der Waals surface area contributed by atoms with Crippen LogP contribution in [-0.4, -0.2) is 15.0 Å². The molecule has 7 aromatic carbocycles. The van der Waals surface area contributed by atoms with Gasteiger partial charge in [-0.05, 0) is 56.6 Å². The predicted molar refractivity (Wildman–Crippen MR) is 200 cm³/mol. The van der Waals surface area contributed by atoms with Crippen LogP contribution in [0.25, 0.3) is 78.4 Å². The Kier molecular flexibility index (Phi) is 5.56. The minimum Gasteiger partial charge on any atom is -0.456 e. The third kappa shape index (κ3) is 3.57. The quantitative estimate of drug-likeness (QED) is 0.193. The molecule has 9 aromatic rings. The Morgan fingerprint density at radius 1 is 0.360 bits per heavy atom. The van der Waals surface area contributed by atoms with Gasteiger partial charge in [0.15, 0.2) is 17.5 Å². The molecule has 2 aliphatic rings. The molecular formula is C46H27N3O. The van der Waals surface area contributed by atoms with Crippen molar-refractivity contribution in [2.75, 3.05) is 0 Å². The van der Waals surface area contributed by atoms with Crippen molar-refractivity contribution in [3.63, 3.8) is 0 Å². The van der Waals surface area contributed by atoms with Gasteiger partial charge in [0.1, 0.15) is 11.2 Å². The summed E-state index contributed by atoms with van der Waals surface area (Å²) in [5.41, 5.74) is 14.0. The summed E-state index contributed by atoms with van der Waals surface area (Å²) < 4.78 is 6.30. The number of aromatic nitrogens is 3. The van der Waals surface area contributed by atoms with Gasteiger partial charge in [-0.15, -0.1) is 0 Å². The molecule has 0 aliphatic heterocycles. The summed E-state index contributed by atoms with van der Waals surface area (Å²) in [6, 6.07) is 57.7. The normalized spacial score (nSPS) is 13.4. The van der Waals surface area contributed by atoms with Gasteiger partial charge < -0.3 is 4.42 Å². The lowest BCUT2D eigenvalue weighted by Crippen LogP contribution is -2.26. The minimum atomic E-state index is -0.532. The fraction of sp³-hybridized carbons (Fsp3) is 0.0217. The van der Waals surface area contributed by atoms with E-state index in [9.17, 15) is 0 Å². The third-order valence-corrected chi connectivity index (χ3v) is 10.6. The summed E-state index contributed by atoms with van der Waals surface area (Å²) >= 11 is 0. The van der Waals surface area contributed by atoms with E-state index in [0.29, 0.717) is 17.5 Å². The van der Waals surface area contributed by atoms with Gasteiger partial charge in [0.05, 0.1) is 5.41 Å². The molecular weight excluding hydrogens is 611 g/mol. The van der Waals surface area contributed by atoms with Gasteiger partial charge in [0, 0.05) is 27.5 Å². The summed E-state index contributed by atoms with van der Waals surface area (Å²) in [5.74, 6) is 1.88. The minimum absolute atomic E-state index is 0.532. The molecule has 0 atom stereocenters. The standard InChI is InChI=1S/C46H27N3O/c1-2-14-28(15-3-1)43-47-44(34-21-13-27-40-41(34)33-19-7-11-26-39(33)50-40)49-45(48-43)35-22-12-20-32-31-18-6-10-25-38(31)46(42(32)35)36-23-8-4-16-29(36)30-17-5-9-24-37(30)46/h1-27H. The van der Waals surface area contributed by atoms with Crippen LogP contribution in [0.3, 0.4) is 0 Å². The number of nitrogens with zero attached hydrogens (tertiary/aromatic N) is 3. The van der Waals surface area contributed by atoms with Gasteiger partial charge in [-0.2, -0.15) is 0 Å². The first kappa shape index (κ1) is 27.3. The highest BCUT2D eigenvalue weighted by Crippen LogP contribution is 2.64. The number of hydrogen-bond donors (Lipinski definition) is 0. The van der Waals surface area contributed by atoms with Gasteiger partial charge in [-0.3, -0.25) is 0 Å². The Bertz CT molecular complexity index is 2770. The Balaban J connectivity index is 1.25. The van der Waals surface area contributed by atoms with E-state index in [1.807, 2.05) is 48.5 Å². The number of hydrogen-bond acceptors (Lipinski definition) is 4. The molecule has 2 aliphatic carbocycles. The first-order valence-electron chi connectivity index (χ1n) is 17.0. The molecule has 0 radical (unpaired) electrons. The summed E-state index contributed by atoms with van der Waals surface area (Å²) in [5, 5.41) is 2.04. The van der Waals surface area contributed by atoms with E-state index in [0.717, 1.165) is 38.6 Å². The highest BCUT2D eigenvalue weighted by molar-refractivity contribution is 6.11. The molecule has 0 saturated heterocycles. The molecule has 1 spiro atoms. The van der Waals surface area contributed by atoms with Crippen LogP contribution in [-0.2, 0) is 5.41 Å². The summed E-state index contributed by atoms with van der Waals surface area (Å²) in [6.07, 6.45) is 0. The van der Waals surface area contributed by atoms with Crippen LogP contribution >= 0.6 is 0 Å². The van der Waals surface area contributed by atoms with Gasteiger partial charge in [-0.25, -0.2) is 15.0 Å². The maximum Gasteiger partial charge on any atom is 0.164 e. The zero-order valence-electron chi connectivity index (χ0n) is 26.8. The number of furan rings is 1. The third-order valence-electron chi connectivity index (χ3n) is 10.6. The number of para-hydroxylation sites is 1. The molecule has 0 amide bonds. The SMILES string of the molecule is c1ccc(-c2nc(-c3cccc4c3C3(c5ccccc5-c5ccccc53)c3ccccc3-4)nc(-c3cccc4oc5ccccc5c34)n2)cc1. The highest BCUT2D eigenvalue weighted by atomic mass is 16.3. The van der Waals surface area contributed by atoms with Gasteiger partial charge >= 0.3 is 0 Å². The molecule has 232 valence electrons. The number of rotatable bonds is 3. The molecule has 11 rings (SSSR count). The summed E-state index contributed by atoms with van der Waals surface area (Å²) in [7, 11) is 0. The molecule has 0 N–H and O–H groups in total. The van der Waals surface area contributed by atoms with E-state index in [-0.39, 0.29) is 0 Å². The van der Waals surface area contributed by atoms with Gasteiger partial charge in [0.2, 0.25) is 0 Å². The van der Waals surface area contributed by atoms with Crippen molar-refractivity contribution < 1.29 is 4.42 Å². The van der Waals surface area contributed by atoms with E-state index in [1.54, 1.807) is 0 Å². The van der Waals surface area contributed by atoms with Gasteiger partial charge in [-0.1, -0.05) is 152 Å². The Labute approximate surface area is 288 Å². The second kappa shape index (κ2) is 10.2. The van der Waals surface area contributed by atoms with Crippen molar-refractivity contribution >= 4 is 21.9 Å². The highest BCUT2D eigenvalue weighted by Gasteiger charge is 2.52. The van der Waals surface area contributed by atoms with Crippen molar-refractivity contribution in [3.05, 3.63) is 186 Å². The molecule has 0 fully saturated rings. The molecule has 0 saturated carbocycles. The van der Waals surface area contributed by atoms with E-state index < -0.39 is 5.41 Å². The molecule has 4 heteroatoms. The van der Waals surface area contributed by atoms with Crippen LogP contribution in [0.1, 0.15) is 22.3 Å². The molecule has 2 aromatic heterocycles. The van der Waals surface area contributed by atoms with Crippen LogP contribution in [0.5, 0.6) is 0 Å². The van der Waals surface area contributed by atoms with Gasteiger partial charge in [0.25, 0.3) is 0 Å². The zero-order chi connectivity index (χ0) is 32.8.